The van der Waals surface area contributed by atoms with Crippen LogP contribution in [0, 0.1) is 10.1 Å². The molecule has 1 aliphatic heterocycles. The van der Waals surface area contributed by atoms with Crippen LogP contribution in [0.15, 0.2) is 24.3 Å². The van der Waals surface area contributed by atoms with E-state index in [1.807, 2.05) is 0 Å². The summed E-state index contributed by atoms with van der Waals surface area (Å²) in [4.78, 5) is 25.6. The van der Waals surface area contributed by atoms with Gasteiger partial charge in [-0.05, 0) is 30.8 Å². The number of nitrogens with one attached hydrogen (secondary N) is 1. The van der Waals surface area contributed by atoms with Gasteiger partial charge >= 0.3 is 5.97 Å². The molecule has 9 heteroatoms. The third kappa shape index (κ3) is 5.56. The monoisotopic (exact) mass is 366 g/mol. The third-order valence-corrected chi connectivity index (χ3v) is 4.46. The molecular weight excluding hydrogens is 344 g/mol. The average molecular weight is 366 g/mol. The Bertz CT molecular complexity index is 615. The summed E-state index contributed by atoms with van der Waals surface area (Å²) in [6.45, 7) is 3.78. The first-order chi connectivity index (χ1) is 12.0. The van der Waals surface area contributed by atoms with Gasteiger partial charge in [0.15, 0.2) is 5.11 Å². The van der Waals surface area contributed by atoms with Crippen molar-refractivity contribution in [2.24, 2.45) is 0 Å². The molecule has 25 heavy (non-hydrogen) atoms. The average Bonchev–Trinajstić information content (AvgIpc) is 2.65. The lowest BCUT2D eigenvalue weighted by Gasteiger charge is -2.37. The van der Waals surface area contributed by atoms with Crippen molar-refractivity contribution in [2.75, 3.05) is 44.7 Å². The van der Waals surface area contributed by atoms with E-state index in [-0.39, 0.29) is 11.7 Å². The van der Waals surface area contributed by atoms with Crippen LogP contribution in [0.4, 0.5) is 11.4 Å². The van der Waals surface area contributed by atoms with Gasteiger partial charge in [0, 0.05) is 57.0 Å². The zero-order chi connectivity index (χ0) is 18.2. The van der Waals surface area contributed by atoms with Crippen molar-refractivity contribution in [3.05, 3.63) is 34.4 Å². The molecule has 1 fully saturated rings. The van der Waals surface area contributed by atoms with Crippen LogP contribution in [-0.2, 0) is 9.53 Å². The Hall–Kier alpha value is -2.42. The van der Waals surface area contributed by atoms with Crippen molar-refractivity contribution in [2.45, 2.75) is 12.8 Å². The summed E-state index contributed by atoms with van der Waals surface area (Å²) in [6.07, 6.45) is 1.05. The number of carbonyl (C=O) groups is 1. The molecule has 0 aliphatic carbocycles. The number of thiocarbonyl (C=S) groups is 1. The van der Waals surface area contributed by atoms with Crippen molar-refractivity contribution in [3.8, 4) is 0 Å². The molecule has 0 aromatic heterocycles. The van der Waals surface area contributed by atoms with Gasteiger partial charge in [-0.15, -0.1) is 0 Å². The van der Waals surface area contributed by atoms with Gasteiger partial charge in [0.05, 0.1) is 12.0 Å². The van der Waals surface area contributed by atoms with Gasteiger partial charge in [0.1, 0.15) is 0 Å². The van der Waals surface area contributed by atoms with Gasteiger partial charge in [-0.2, -0.15) is 0 Å². The van der Waals surface area contributed by atoms with Gasteiger partial charge < -0.3 is 19.9 Å². The van der Waals surface area contributed by atoms with E-state index in [0.29, 0.717) is 24.5 Å². The van der Waals surface area contributed by atoms with E-state index < -0.39 is 4.92 Å². The second-order valence-electron chi connectivity index (χ2n) is 5.66. The highest BCUT2D eigenvalue weighted by Gasteiger charge is 2.19. The summed E-state index contributed by atoms with van der Waals surface area (Å²) >= 11 is 5.39. The summed E-state index contributed by atoms with van der Waals surface area (Å²) < 4.78 is 4.60. The molecule has 1 N–H and O–H groups in total. The number of esters is 1. The lowest BCUT2D eigenvalue weighted by molar-refractivity contribution is -0.384. The first kappa shape index (κ1) is 18.9. The van der Waals surface area contributed by atoms with Crippen LogP contribution < -0.4 is 10.2 Å². The summed E-state index contributed by atoms with van der Waals surface area (Å²) in [5, 5.41) is 14.6. The van der Waals surface area contributed by atoms with Crippen LogP contribution in [0.3, 0.4) is 0 Å². The maximum Gasteiger partial charge on any atom is 0.305 e. The molecule has 0 bridgehead atoms. The predicted octanol–water partition coefficient (Wildman–Crippen LogP) is 1.54. The zero-order valence-electron chi connectivity index (χ0n) is 14.1. The molecular formula is C16H22N4O4S. The summed E-state index contributed by atoms with van der Waals surface area (Å²) in [5.74, 6) is -0.218. The topological polar surface area (TPSA) is 88.0 Å². The Labute approximate surface area is 151 Å². The fourth-order valence-corrected chi connectivity index (χ4v) is 2.88. The smallest absolute Gasteiger partial charge is 0.305 e. The van der Waals surface area contributed by atoms with E-state index in [0.717, 1.165) is 31.9 Å². The lowest BCUT2D eigenvalue weighted by Crippen LogP contribution is -2.51. The standard InChI is InChI=1S/C16H22N4O4S/c1-24-15(21)3-2-8-17-16(25)19-11-9-18(10-12-19)13-4-6-14(7-5-13)20(22)23/h4-7H,2-3,8-12H2,1H3,(H,17,25). The number of non-ortho nitro benzene ring substituents is 1. The highest BCUT2D eigenvalue weighted by molar-refractivity contribution is 7.80. The van der Waals surface area contributed by atoms with Gasteiger partial charge in [0.25, 0.3) is 5.69 Å². The van der Waals surface area contributed by atoms with Crippen LogP contribution in [0.5, 0.6) is 0 Å². The molecule has 136 valence electrons. The van der Waals surface area contributed by atoms with E-state index in [4.69, 9.17) is 12.2 Å². The van der Waals surface area contributed by atoms with E-state index >= 15 is 0 Å². The van der Waals surface area contributed by atoms with Crippen molar-refractivity contribution in [3.63, 3.8) is 0 Å². The highest BCUT2D eigenvalue weighted by atomic mass is 32.1. The molecule has 0 amide bonds. The minimum absolute atomic E-state index is 0.0970. The van der Waals surface area contributed by atoms with Crippen molar-refractivity contribution in [1.29, 1.82) is 0 Å². The molecule has 0 saturated carbocycles. The van der Waals surface area contributed by atoms with E-state index in [1.54, 1.807) is 12.1 Å². The van der Waals surface area contributed by atoms with Crippen LogP contribution in [0.2, 0.25) is 0 Å². The number of anilines is 1. The number of benzene rings is 1. The number of methoxy groups -OCH3 is 1. The Balaban J connectivity index is 1.74. The third-order valence-electron chi connectivity index (χ3n) is 4.05. The summed E-state index contributed by atoms with van der Waals surface area (Å²) in [6, 6.07) is 6.60. The minimum Gasteiger partial charge on any atom is -0.469 e. The van der Waals surface area contributed by atoms with Crippen LogP contribution in [-0.4, -0.2) is 60.7 Å². The number of hydrogen-bond donors (Lipinski definition) is 1. The second-order valence-corrected chi connectivity index (χ2v) is 6.05. The molecule has 1 saturated heterocycles. The first-order valence-electron chi connectivity index (χ1n) is 8.10. The first-order valence-corrected chi connectivity index (χ1v) is 8.51. The molecule has 0 spiro atoms. The molecule has 1 aliphatic rings. The molecule has 2 rings (SSSR count). The quantitative estimate of drug-likeness (QED) is 0.267. The lowest BCUT2D eigenvalue weighted by atomic mass is 10.2. The van der Waals surface area contributed by atoms with Crippen molar-refractivity contribution in [1.82, 2.24) is 10.2 Å². The number of hydrogen-bond acceptors (Lipinski definition) is 6. The fraction of sp³-hybridized carbons (Fsp3) is 0.500. The molecule has 1 heterocycles. The molecule has 0 atom stereocenters. The van der Waals surface area contributed by atoms with E-state index in [9.17, 15) is 14.9 Å². The van der Waals surface area contributed by atoms with E-state index in [2.05, 4.69) is 19.9 Å². The van der Waals surface area contributed by atoms with Crippen LogP contribution in [0.1, 0.15) is 12.8 Å². The number of ether oxygens (including phenoxy) is 1. The maximum absolute atomic E-state index is 11.1. The number of nitrogens with zero attached hydrogens (tertiary/aromatic N) is 3. The van der Waals surface area contributed by atoms with Crippen LogP contribution in [0.25, 0.3) is 0 Å². The minimum atomic E-state index is -0.397. The second kappa shape index (κ2) is 9.16. The highest BCUT2D eigenvalue weighted by Crippen LogP contribution is 2.20. The largest absolute Gasteiger partial charge is 0.469 e. The normalized spacial score (nSPS) is 14.1. The number of nitro groups is 1. The van der Waals surface area contributed by atoms with Crippen molar-refractivity contribution >= 4 is 34.7 Å². The van der Waals surface area contributed by atoms with Gasteiger partial charge in [0.2, 0.25) is 0 Å². The fourth-order valence-electron chi connectivity index (χ4n) is 2.59. The summed E-state index contributed by atoms with van der Waals surface area (Å²) in [7, 11) is 1.38. The van der Waals surface area contributed by atoms with Gasteiger partial charge in [-0.1, -0.05) is 0 Å². The molecule has 1 aromatic rings. The van der Waals surface area contributed by atoms with Crippen molar-refractivity contribution < 1.29 is 14.5 Å². The van der Waals surface area contributed by atoms with Gasteiger partial charge in [-0.3, -0.25) is 14.9 Å². The summed E-state index contributed by atoms with van der Waals surface area (Å²) in [5.41, 5.74) is 1.07. The molecule has 0 unspecified atom stereocenters. The SMILES string of the molecule is COC(=O)CCCNC(=S)N1CCN(c2ccc([N+](=O)[O-])cc2)CC1. The maximum atomic E-state index is 11.1. The van der Waals surface area contributed by atoms with E-state index in [1.165, 1.54) is 19.2 Å². The number of rotatable bonds is 6. The number of nitro benzene ring substituents is 1. The zero-order valence-corrected chi connectivity index (χ0v) is 15.0. The number of piperazine rings is 1. The molecule has 8 nitrogen and oxygen atoms in total. The van der Waals surface area contributed by atoms with Crippen LogP contribution >= 0.6 is 12.2 Å². The Kier molecular flexibility index (Phi) is 6.93. The molecule has 1 aromatic carbocycles. The Morgan fingerprint density at radius 2 is 1.92 bits per heavy atom. The number of carbonyl (C=O) groups excluding carboxylic acids is 1. The predicted molar refractivity (Wildman–Crippen MR) is 98.7 cm³/mol. The molecule has 0 radical (unpaired) electrons. The Morgan fingerprint density at radius 1 is 1.28 bits per heavy atom. The van der Waals surface area contributed by atoms with Gasteiger partial charge in [-0.25, -0.2) is 0 Å². The Morgan fingerprint density at radius 3 is 2.48 bits per heavy atom.